The third kappa shape index (κ3) is 4.97. The van der Waals surface area contributed by atoms with E-state index in [0.717, 1.165) is 42.4 Å². The molecule has 23 heavy (non-hydrogen) atoms. The fraction of sp³-hybridized carbons (Fsp3) is 1.00. The zero-order chi connectivity index (χ0) is 16.1. The molecule has 0 aromatic heterocycles. The van der Waals surface area contributed by atoms with Gasteiger partial charge in [0.15, 0.2) is 0 Å². The first-order valence-electron chi connectivity index (χ1n) is 10.9. The Morgan fingerprint density at radius 3 is 2.00 bits per heavy atom. The van der Waals surface area contributed by atoms with Crippen molar-refractivity contribution in [3.8, 4) is 0 Å². The molecule has 0 saturated heterocycles. The second-order valence-electron chi connectivity index (χ2n) is 9.19. The number of rotatable bonds is 6. The summed E-state index contributed by atoms with van der Waals surface area (Å²) in [7, 11) is 0. The smallest absolute Gasteiger partial charge is 0.0543 e. The Kier molecular flexibility index (Phi) is 6.86. The van der Waals surface area contributed by atoms with Crippen LogP contribution in [0.2, 0.25) is 0 Å². The Bertz CT molecular complexity index is 331. The lowest BCUT2D eigenvalue weighted by molar-refractivity contribution is 0.0189. The number of unbranched alkanes of at least 4 members (excludes halogenated alkanes) is 3. The maximum atomic E-state index is 9.90. The van der Waals surface area contributed by atoms with Gasteiger partial charge in [0.05, 0.1) is 6.10 Å². The van der Waals surface area contributed by atoms with Crippen molar-refractivity contribution >= 4 is 0 Å². The topological polar surface area (TPSA) is 20.2 Å². The van der Waals surface area contributed by atoms with E-state index in [2.05, 4.69) is 6.92 Å². The zero-order valence-corrected chi connectivity index (χ0v) is 15.5. The molecule has 0 radical (unpaired) electrons. The molecule has 0 amide bonds. The van der Waals surface area contributed by atoms with Crippen molar-refractivity contribution in [1.82, 2.24) is 0 Å². The van der Waals surface area contributed by atoms with Gasteiger partial charge in [-0.25, -0.2) is 0 Å². The molecule has 1 nitrogen and oxygen atoms in total. The molecule has 1 N–H and O–H groups in total. The van der Waals surface area contributed by atoms with Crippen LogP contribution in [0.4, 0.5) is 0 Å². The molecule has 3 aliphatic carbocycles. The van der Waals surface area contributed by atoms with Gasteiger partial charge in [-0.3, -0.25) is 0 Å². The predicted octanol–water partition coefficient (Wildman–Crippen LogP) is 6.34. The molecule has 3 aliphatic rings. The van der Waals surface area contributed by atoms with Gasteiger partial charge in [-0.05, 0) is 81.0 Å². The molecule has 0 aliphatic heterocycles. The molecule has 3 saturated carbocycles. The van der Waals surface area contributed by atoms with Crippen molar-refractivity contribution in [2.24, 2.45) is 29.6 Å². The Morgan fingerprint density at radius 2 is 1.26 bits per heavy atom. The van der Waals surface area contributed by atoms with Crippen molar-refractivity contribution in [2.45, 2.75) is 109 Å². The van der Waals surface area contributed by atoms with E-state index in [0.29, 0.717) is 0 Å². The highest BCUT2D eigenvalue weighted by Crippen LogP contribution is 2.48. The Labute approximate surface area is 144 Å². The van der Waals surface area contributed by atoms with Crippen LogP contribution in [0.5, 0.6) is 0 Å². The fourth-order valence-corrected chi connectivity index (χ4v) is 6.14. The van der Waals surface area contributed by atoms with Crippen LogP contribution in [0.25, 0.3) is 0 Å². The third-order valence-corrected chi connectivity index (χ3v) is 7.65. The van der Waals surface area contributed by atoms with Crippen molar-refractivity contribution in [3.05, 3.63) is 0 Å². The monoisotopic (exact) mass is 320 g/mol. The van der Waals surface area contributed by atoms with Crippen LogP contribution >= 0.6 is 0 Å². The molecule has 0 heterocycles. The quantitative estimate of drug-likeness (QED) is 0.566. The summed E-state index contributed by atoms with van der Waals surface area (Å²) in [6.07, 6.45) is 21.3. The third-order valence-electron chi connectivity index (χ3n) is 7.65. The van der Waals surface area contributed by atoms with Crippen molar-refractivity contribution in [2.75, 3.05) is 0 Å². The molecule has 4 atom stereocenters. The summed E-state index contributed by atoms with van der Waals surface area (Å²) in [6, 6.07) is 0. The summed E-state index contributed by atoms with van der Waals surface area (Å²) in [6.45, 7) is 2.31. The van der Waals surface area contributed by atoms with Gasteiger partial charge in [0.25, 0.3) is 0 Å². The maximum absolute atomic E-state index is 9.90. The minimum absolute atomic E-state index is 0.0240. The van der Waals surface area contributed by atoms with Gasteiger partial charge in [0, 0.05) is 0 Å². The van der Waals surface area contributed by atoms with E-state index in [-0.39, 0.29) is 6.10 Å². The average molecular weight is 321 g/mol. The summed E-state index contributed by atoms with van der Waals surface area (Å²) in [5.41, 5.74) is 0. The predicted molar refractivity (Wildman–Crippen MR) is 98.4 cm³/mol. The number of aliphatic hydroxyl groups excluding tert-OH is 1. The SMILES string of the molecule is CCCCCCC1CCC(C2CCC3CC(O)CCC3C2)CC1. The van der Waals surface area contributed by atoms with Gasteiger partial charge in [0.2, 0.25) is 0 Å². The number of hydrogen-bond acceptors (Lipinski definition) is 1. The molecule has 0 bridgehead atoms. The lowest BCUT2D eigenvalue weighted by Crippen LogP contribution is -2.35. The van der Waals surface area contributed by atoms with E-state index < -0.39 is 0 Å². The van der Waals surface area contributed by atoms with Crippen LogP contribution in [0, 0.1) is 29.6 Å². The van der Waals surface area contributed by atoms with Crippen molar-refractivity contribution < 1.29 is 5.11 Å². The molecule has 0 aromatic carbocycles. The van der Waals surface area contributed by atoms with E-state index >= 15 is 0 Å². The molecular formula is C22H40O. The highest BCUT2D eigenvalue weighted by atomic mass is 16.3. The van der Waals surface area contributed by atoms with Crippen LogP contribution in [-0.4, -0.2) is 11.2 Å². The largest absolute Gasteiger partial charge is 0.393 e. The van der Waals surface area contributed by atoms with Crippen LogP contribution in [-0.2, 0) is 0 Å². The maximum Gasteiger partial charge on any atom is 0.0543 e. The van der Waals surface area contributed by atoms with E-state index in [1.807, 2.05) is 0 Å². The molecular weight excluding hydrogens is 280 g/mol. The molecule has 3 rings (SSSR count). The fourth-order valence-electron chi connectivity index (χ4n) is 6.14. The Balaban J connectivity index is 1.37. The van der Waals surface area contributed by atoms with Gasteiger partial charge < -0.3 is 5.11 Å². The molecule has 1 heteroatoms. The van der Waals surface area contributed by atoms with Crippen LogP contribution in [0.1, 0.15) is 103 Å². The van der Waals surface area contributed by atoms with Crippen molar-refractivity contribution in [1.29, 1.82) is 0 Å². The van der Waals surface area contributed by atoms with Gasteiger partial charge in [-0.15, -0.1) is 0 Å². The molecule has 3 fully saturated rings. The minimum atomic E-state index is 0.0240. The molecule has 134 valence electrons. The lowest BCUT2D eigenvalue weighted by atomic mass is 9.62. The van der Waals surface area contributed by atoms with E-state index in [1.165, 1.54) is 83.5 Å². The van der Waals surface area contributed by atoms with E-state index in [4.69, 9.17) is 0 Å². The highest BCUT2D eigenvalue weighted by molar-refractivity contribution is 4.89. The Hall–Kier alpha value is -0.0400. The first kappa shape index (κ1) is 17.8. The number of aliphatic hydroxyl groups is 1. The van der Waals surface area contributed by atoms with E-state index in [1.54, 1.807) is 0 Å². The summed E-state index contributed by atoms with van der Waals surface area (Å²) in [4.78, 5) is 0. The molecule has 0 aromatic rings. The summed E-state index contributed by atoms with van der Waals surface area (Å²) in [5.74, 6) is 4.97. The normalized spacial score (nSPS) is 41.5. The first-order valence-corrected chi connectivity index (χ1v) is 10.9. The highest BCUT2D eigenvalue weighted by Gasteiger charge is 2.38. The van der Waals surface area contributed by atoms with Gasteiger partial charge in [-0.2, -0.15) is 0 Å². The first-order chi connectivity index (χ1) is 11.3. The summed E-state index contributed by atoms with van der Waals surface area (Å²) < 4.78 is 0. The van der Waals surface area contributed by atoms with Gasteiger partial charge >= 0.3 is 0 Å². The second-order valence-corrected chi connectivity index (χ2v) is 9.19. The van der Waals surface area contributed by atoms with Gasteiger partial charge in [-0.1, -0.05) is 51.9 Å². The average Bonchev–Trinajstić information content (AvgIpc) is 2.59. The number of fused-ring (bicyclic) bond motifs is 1. The Morgan fingerprint density at radius 1 is 0.652 bits per heavy atom. The standard InChI is InChI=1S/C22H40O/c1-2-3-4-5-6-17-7-9-18(10-8-17)19-11-12-21-16-22(23)14-13-20(21)15-19/h17-23H,2-16H2,1H3. The zero-order valence-electron chi connectivity index (χ0n) is 15.5. The van der Waals surface area contributed by atoms with Crippen LogP contribution in [0.3, 0.4) is 0 Å². The molecule has 4 unspecified atom stereocenters. The number of hydrogen-bond donors (Lipinski definition) is 1. The molecule has 0 spiro atoms. The van der Waals surface area contributed by atoms with Crippen molar-refractivity contribution in [3.63, 3.8) is 0 Å². The van der Waals surface area contributed by atoms with E-state index in [9.17, 15) is 5.11 Å². The second kappa shape index (κ2) is 8.88. The summed E-state index contributed by atoms with van der Waals surface area (Å²) >= 11 is 0. The van der Waals surface area contributed by atoms with Crippen LogP contribution < -0.4 is 0 Å². The van der Waals surface area contributed by atoms with Gasteiger partial charge in [0.1, 0.15) is 0 Å². The summed E-state index contributed by atoms with van der Waals surface area (Å²) in [5, 5.41) is 9.90. The lowest BCUT2D eigenvalue weighted by Gasteiger charge is -2.44. The minimum Gasteiger partial charge on any atom is -0.393 e. The van der Waals surface area contributed by atoms with Crippen LogP contribution in [0.15, 0.2) is 0 Å².